The molecule has 0 aliphatic heterocycles. The molecule has 0 spiro atoms. The molecular formula is C25H30BrF3N4O3. The number of nitrogens with two attached hydrogens (primary N) is 1. The summed E-state index contributed by atoms with van der Waals surface area (Å²) in [5.74, 6) is -2.34. The van der Waals surface area contributed by atoms with Crippen LogP contribution < -0.4 is 21.7 Å². The molecule has 196 valence electrons. The predicted octanol–water partition coefficient (Wildman–Crippen LogP) is 3.68. The van der Waals surface area contributed by atoms with Crippen molar-refractivity contribution in [2.24, 2.45) is 11.1 Å². The monoisotopic (exact) mass is 570 g/mol. The van der Waals surface area contributed by atoms with Crippen LogP contribution in [0.4, 0.5) is 13.2 Å². The molecule has 0 aromatic heterocycles. The van der Waals surface area contributed by atoms with E-state index in [9.17, 15) is 27.6 Å². The first kappa shape index (κ1) is 29.3. The second-order valence-corrected chi connectivity index (χ2v) is 10.4. The lowest BCUT2D eigenvalue weighted by molar-refractivity contribution is -0.137. The summed E-state index contributed by atoms with van der Waals surface area (Å²) < 4.78 is 39.6. The Morgan fingerprint density at radius 2 is 1.72 bits per heavy atom. The van der Waals surface area contributed by atoms with Gasteiger partial charge < -0.3 is 21.7 Å². The zero-order chi connectivity index (χ0) is 27.3. The molecular weight excluding hydrogens is 541 g/mol. The maximum absolute atomic E-state index is 12.9. The van der Waals surface area contributed by atoms with Crippen molar-refractivity contribution in [3.63, 3.8) is 0 Å². The van der Waals surface area contributed by atoms with Crippen molar-refractivity contribution >= 4 is 33.7 Å². The Hall–Kier alpha value is -2.92. The molecule has 36 heavy (non-hydrogen) atoms. The van der Waals surface area contributed by atoms with Gasteiger partial charge in [-0.05, 0) is 53.8 Å². The largest absolute Gasteiger partial charge is 0.416 e. The first-order valence-electron chi connectivity index (χ1n) is 11.1. The van der Waals surface area contributed by atoms with Gasteiger partial charge in [-0.2, -0.15) is 13.2 Å². The number of carbonyl (C=O) groups is 3. The van der Waals surface area contributed by atoms with Gasteiger partial charge in [0.1, 0.15) is 6.04 Å². The number of halogens is 4. The molecule has 0 aliphatic rings. The third kappa shape index (κ3) is 8.34. The summed E-state index contributed by atoms with van der Waals surface area (Å²) >= 11 is 3.42. The normalized spacial score (nSPS) is 13.6. The standard InChI is InChI=1S/C25H30BrF3N4O3/c1-14-10-18(26)9-8-16(14)12-31-21(24(2,3)4)20(22(30)35)33-19(34)13-32-23(36)15-6-5-7-17(11-15)25(27,28)29/h5-11,20-21,31H,12-13H2,1-4H3,(H2,30,35)(H,32,36)(H,33,34). The molecule has 0 saturated heterocycles. The number of primary amides is 1. The Balaban J connectivity index is 2.09. The second-order valence-electron chi connectivity index (χ2n) is 9.50. The minimum absolute atomic E-state index is 0.247. The Labute approximate surface area is 216 Å². The van der Waals surface area contributed by atoms with Crippen LogP contribution in [0.3, 0.4) is 0 Å². The zero-order valence-electron chi connectivity index (χ0n) is 20.4. The summed E-state index contributed by atoms with van der Waals surface area (Å²) in [5.41, 5.74) is 5.91. The van der Waals surface area contributed by atoms with Crippen molar-refractivity contribution in [1.82, 2.24) is 16.0 Å². The number of hydrogen-bond acceptors (Lipinski definition) is 4. The van der Waals surface area contributed by atoms with Gasteiger partial charge >= 0.3 is 6.18 Å². The van der Waals surface area contributed by atoms with E-state index in [1.165, 1.54) is 6.07 Å². The molecule has 7 nitrogen and oxygen atoms in total. The summed E-state index contributed by atoms with van der Waals surface area (Å²) in [7, 11) is 0. The number of alkyl halides is 3. The predicted molar refractivity (Wildman–Crippen MR) is 134 cm³/mol. The highest BCUT2D eigenvalue weighted by atomic mass is 79.9. The van der Waals surface area contributed by atoms with Gasteiger partial charge in [-0.3, -0.25) is 14.4 Å². The highest BCUT2D eigenvalue weighted by Gasteiger charge is 2.36. The zero-order valence-corrected chi connectivity index (χ0v) is 22.0. The molecule has 3 amide bonds. The lowest BCUT2D eigenvalue weighted by Crippen LogP contribution is -2.61. The van der Waals surface area contributed by atoms with E-state index < -0.39 is 53.5 Å². The third-order valence-electron chi connectivity index (χ3n) is 5.57. The molecule has 2 aromatic rings. The number of amides is 3. The van der Waals surface area contributed by atoms with Crippen LogP contribution >= 0.6 is 15.9 Å². The Morgan fingerprint density at radius 1 is 1.06 bits per heavy atom. The number of rotatable bonds is 9. The van der Waals surface area contributed by atoms with Crippen LogP contribution in [0.5, 0.6) is 0 Å². The molecule has 0 fully saturated rings. The van der Waals surface area contributed by atoms with E-state index in [2.05, 4.69) is 31.9 Å². The summed E-state index contributed by atoms with van der Waals surface area (Å²) in [6, 6.07) is 7.97. The lowest BCUT2D eigenvalue weighted by Gasteiger charge is -2.37. The third-order valence-corrected chi connectivity index (χ3v) is 6.06. The molecule has 2 rings (SSSR count). The summed E-state index contributed by atoms with van der Waals surface area (Å²) in [5, 5.41) is 8.13. The van der Waals surface area contributed by atoms with Crippen LogP contribution in [0.25, 0.3) is 0 Å². The van der Waals surface area contributed by atoms with Crippen molar-refractivity contribution < 1.29 is 27.6 Å². The molecule has 0 aliphatic carbocycles. The van der Waals surface area contributed by atoms with E-state index in [0.29, 0.717) is 12.6 Å². The van der Waals surface area contributed by atoms with Crippen molar-refractivity contribution in [2.75, 3.05) is 6.54 Å². The molecule has 0 radical (unpaired) electrons. The van der Waals surface area contributed by atoms with Gasteiger partial charge in [-0.25, -0.2) is 0 Å². The fraction of sp³-hybridized carbons (Fsp3) is 0.400. The number of benzene rings is 2. The molecule has 0 bridgehead atoms. The average Bonchev–Trinajstić information content (AvgIpc) is 2.76. The van der Waals surface area contributed by atoms with Crippen LogP contribution in [-0.2, 0) is 22.3 Å². The molecule has 2 atom stereocenters. The van der Waals surface area contributed by atoms with E-state index in [1.54, 1.807) is 0 Å². The van der Waals surface area contributed by atoms with Crippen molar-refractivity contribution in [3.05, 3.63) is 69.2 Å². The first-order chi connectivity index (χ1) is 16.6. The second kappa shape index (κ2) is 11.9. The van der Waals surface area contributed by atoms with Crippen LogP contribution in [-0.4, -0.2) is 36.3 Å². The number of aryl methyl sites for hydroxylation is 1. The lowest BCUT2D eigenvalue weighted by atomic mass is 9.81. The van der Waals surface area contributed by atoms with E-state index >= 15 is 0 Å². The molecule has 2 aromatic carbocycles. The average molecular weight is 571 g/mol. The number of hydrogen-bond donors (Lipinski definition) is 4. The number of nitrogens with one attached hydrogen (secondary N) is 3. The molecule has 0 saturated carbocycles. The SMILES string of the molecule is Cc1cc(Br)ccc1CNC(C(NC(=O)CNC(=O)c1cccc(C(F)(F)F)c1)C(N)=O)C(C)(C)C. The van der Waals surface area contributed by atoms with Gasteiger partial charge in [0, 0.05) is 22.6 Å². The van der Waals surface area contributed by atoms with E-state index in [0.717, 1.165) is 27.7 Å². The van der Waals surface area contributed by atoms with Gasteiger partial charge in [0.25, 0.3) is 5.91 Å². The van der Waals surface area contributed by atoms with Gasteiger partial charge in [0.05, 0.1) is 12.1 Å². The van der Waals surface area contributed by atoms with Crippen LogP contribution in [0.1, 0.15) is 47.8 Å². The maximum Gasteiger partial charge on any atom is 0.416 e. The number of carbonyl (C=O) groups excluding carboxylic acids is 3. The van der Waals surface area contributed by atoms with Gasteiger partial charge in [-0.1, -0.05) is 48.8 Å². The quantitative estimate of drug-likeness (QED) is 0.368. The van der Waals surface area contributed by atoms with Crippen molar-refractivity contribution in [1.29, 1.82) is 0 Å². The highest BCUT2D eigenvalue weighted by molar-refractivity contribution is 9.10. The van der Waals surface area contributed by atoms with Crippen molar-refractivity contribution in [3.8, 4) is 0 Å². The maximum atomic E-state index is 12.9. The Morgan fingerprint density at radius 3 is 2.28 bits per heavy atom. The molecule has 0 heterocycles. The minimum atomic E-state index is -4.61. The van der Waals surface area contributed by atoms with E-state index in [-0.39, 0.29) is 5.56 Å². The summed E-state index contributed by atoms with van der Waals surface area (Å²) in [6.07, 6.45) is -4.61. The molecule has 2 unspecified atom stereocenters. The topological polar surface area (TPSA) is 113 Å². The Kier molecular flexibility index (Phi) is 9.67. The summed E-state index contributed by atoms with van der Waals surface area (Å²) in [6.45, 7) is 7.46. The van der Waals surface area contributed by atoms with Gasteiger partial charge in [-0.15, -0.1) is 0 Å². The van der Waals surface area contributed by atoms with Gasteiger partial charge in [0.15, 0.2) is 0 Å². The molecule has 5 N–H and O–H groups in total. The van der Waals surface area contributed by atoms with Crippen molar-refractivity contribution in [2.45, 2.75) is 52.5 Å². The van der Waals surface area contributed by atoms with E-state index in [4.69, 9.17) is 5.73 Å². The van der Waals surface area contributed by atoms with Crippen LogP contribution in [0.15, 0.2) is 46.9 Å². The minimum Gasteiger partial charge on any atom is -0.368 e. The van der Waals surface area contributed by atoms with Crippen LogP contribution in [0, 0.1) is 12.3 Å². The fourth-order valence-corrected chi connectivity index (χ4v) is 4.12. The Bertz CT molecular complexity index is 1120. The molecule has 11 heteroatoms. The van der Waals surface area contributed by atoms with Gasteiger partial charge in [0.2, 0.25) is 11.8 Å². The fourth-order valence-electron chi connectivity index (χ4n) is 3.64. The van der Waals surface area contributed by atoms with E-state index in [1.807, 2.05) is 45.9 Å². The summed E-state index contributed by atoms with van der Waals surface area (Å²) in [4.78, 5) is 37.2. The smallest absolute Gasteiger partial charge is 0.368 e. The first-order valence-corrected chi connectivity index (χ1v) is 11.9. The highest BCUT2D eigenvalue weighted by Crippen LogP contribution is 2.29. The van der Waals surface area contributed by atoms with Crippen LogP contribution in [0.2, 0.25) is 0 Å².